The Bertz CT molecular complexity index is 747. The summed E-state index contributed by atoms with van der Waals surface area (Å²) in [5, 5.41) is 11.1. The van der Waals surface area contributed by atoms with Gasteiger partial charge in [0.1, 0.15) is 12.4 Å². The fraction of sp³-hybridized carbons (Fsp3) is 0.600. The molecule has 0 saturated carbocycles. The van der Waals surface area contributed by atoms with Crippen LogP contribution in [0.3, 0.4) is 0 Å². The van der Waals surface area contributed by atoms with Gasteiger partial charge in [0.25, 0.3) is 5.91 Å². The van der Waals surface area contributed by atoms with Gasteiger partial charge in [-0.3, -0.25) is 9.69 Å². The molecule has 3 aliphatic rings. The largest absolute Gasteiger partial charge is 0.509 e. The first-order valence-corrected chi connectivity index (χ1v) is 9.72. The van der Waals surface area contributed by atoms with Crippen LogP contribution >= 0.6 is 0 Å². The second-order valence-corrected chi connectivity index (χ2v) is 8.09. The van der Waals surface area contributed by atoms with Crippen molar-refractivity contribution >= 4 is 12.1 Å². The van der Waals surface area contributed by atoms with Crippen LogP contribution in [-0.4, -0.2) is 71.0 Å². The van der Waals surface area contributed by atoms with E-state index in [2.05, 4.69) is 4.90 Å². The SMILES string of the molecule is O=C1OCC2(CCN(CC3(O)CCCN(Cc4ccc(F)cc4)C3=O)CC2)O1. The first-order valence-electron chi connectivity index (χ1n) is 9.72. The third kappa shape index (κ3) is 3.84. The molecular weight excluding hydrogens is 367 g/mol. The molecule has 3 saturated heterocycles. The molecule has 1 N–H and O–H groups in total. The molecule has 152 valence electrons. The van der Waals surface area contributed by atoms with Gasteiger partial charge in [-0.25, -0.2) is 9.18 Å². The number of hydrogen-bond acceptors (Lipinski definition) is 6. The molecule has 1 amide bonds. The molecule has 1 aromatic rings. The summed E-state index contributed by atoms with van der Waals surface area (Å²) in [5.74, 6) is -0.592. The highest BCUT2D eigenvalue weighted by molar-refractivity contribution is 5.86. The van der Waals surface area contributed by atoms with Crippen LogP contribution < -0.4 is 0 Å². The van der Waals surface area contributed by atoms with Gasteiger partial charge in [0.05, 0.1) is 0 Å². The second kappa shape index (κ2) is 7.33. The summed E-state index contributed by atoms with van der Waals surface area (Å²) in [6, 6.07) is 6.06. The molecular formula is C20H25FN2O5. The molecule has 3 aliphatic heterocycles. The zero-order valence-corrected chi connectivity index (χ0v) is 15.7. The van der Waals surface area contributed by atoms with Gasteiger partial charge in [-0.2, -0.15) is 0 Å². The Morgan fingerprint density at radius 2 is 1.79 bits per heavy atom. The van der Waals surface area contributed by atoms with Crippen molar-refractivity contribution in [3.63, 3.8) is 0 Å². The highest BCUT2D eigenvalue weighted by Crippen LogP contribution is 2.33. The van der Waals surface area contributed by atoms with Crippen LogP contribution in [0.4, 0.5) is 9.18 Å². The van der Waals surface area contributed by atoms with E-state index >= 15 is 0 Å². The van der Waals surface area contributed by atoms with E-state index in [0.717, 1.165) is 5.56 Å². The lowest BCUT2D eigenvalue weighted by molar-refractivity contribution is -0.161. The maximum Gasteiger partial charge on any atom is 0.509 e. The van der Waals surface area contributed by atoms with Crippen LogP contribution in [0.2, 0.25) is 0 Å². The maximum absolute atomic E-state index is 13.1. The number of benzene rings is 1. The minimum absolute atomic E-state index is 0.261. The number of nitrogens with zero attached hydrogens (tertiary/aromatic N) is 2. The van der Waals surface area contributed by atoms with Crippen LogP contribution in [-0.2, 0) is 20.8 Å². The van der Waals surface area contributed by atoms with Crippen LogP contribution in [0, 0.1) is 5.82 Å². The number of carbonyl (C=O) groups is 2. The number of piperidine rings is 2. The minimum Gasteiger partial charge on any atom is -0.430 e. The van der Waals surface area contributed by atoms with Crippen molar-refractivity contribution in [2.45, 2.75) is 43.4 Å². The van der Waals surface area contributed by atoms with Gasteiger partial charge in [0.2, 0.25) is 0 Å². The Kier molecular flexibility index (Phi) is 5.01. The quantitative estimate of drug-likeness (QED) is 0.786. The molecule has 1 aromatic carbocycles. The molecule has 3 heterocycles. The topological polar surface area (TPSA) is 79.3 Å². The van der Waals surface area contributed by atoms with Gasteiger partial charge < -0.3 is 19.5 Å². The highest BCUT2D eigenvalue weighted by atomic mass is 19.1. The second-order valence-electron chi connectivity index (χ2n) is 8.09. The number of carbonyl (C=O) groups excluding carboxylic acids is 2. The lowest BCUT2D eigenvalue weighted by Crippen LogP contribution is -2.60. The predicted molar refractivity (Wildman–Crippen MR) is 96.8 cm³/mol. The summed E-state index contributed by atoms with van der Waals surface area (Å²) in [6.45, 7) is 2.73. The number of rotatable bonds is 4. The van der Waals surface area contributed by atoms with Crippen molar-refractivity contribution in [1.82, 2.24) is 9.80 Å². The highest BCUT2D eigenvalue weighted by Gasteiger charge is 2.48. The lowest BCUT2D eigenvalue weighted by atomic mass is 9.88. The van der Waals surface area contributed by atoms with Gasteiger partial charge in [0, 0.05) is 45.6 Å². The number of ether oxygens (including phenoxy) is 2. The zero-order valence-electron chi connectivity index (χ0n) is 15.7. The van der Waals surface area contributed by atoms with E-state index in [0.29, 0.717) is 51.9 Å². The molecule has 1 atom stereocenters. The number of hydrogen-bond donors (Lipinski definition) is 1. The smallest absolute Gasteiger partial charge is 0.430 e. The average molecular weight is 392 g/mol. The number of cyclic esters (lactones) is 1. The summed E-state index contributed by atoms with van der Waals surface area (Å²) < 4.78 is 23.3. The fourth-order valence-corrected chi connectivity index (χ4v) is 4.33. The molecule has 4 rings (SSSR count). The maximum atomic E-state index is 13.1. The lowest BCUT2D eigenvalue weighted by Gasteiger charge is -2.43. The van der Waals surface area contributed by atoms with Crippen molar-refractivity contribution in [2.24, 2.45) is 0 Å². The monoisotopic (exact) mass is 392 g/mol. The van der Waals surface area contributed by atoms with E-state index in [1.54, 1.807) is 17.0 Å². The van der Waals surface area contributed by atoms with Crippen LogP contribution in [0.5, 0.6) is 0 Å². The number of likely N-dealkylation sites (tertiary alicyclic amines) is 2. The summed E-state index contributed by atoms with van der Waals surface area (Å²) in [5.41, 5.74) is -1.14. The Hall–Kier alpha value is -2.19. The van der Waals surface area contributed by atoms with E-state index in [9.17, 15) is 19.1 Å². The normalized spacial score (nSPS) is 27.7. The molecule has 0 aromatic heterocycles. The number of halogens is 1. The Morgan fingerprint density at radius 3 is 2.43 bits per heavy atom. The van der Waals surface area contributed by atoms with Crippen molar-refractivity contribution < 1.29 is 28.6 Å². The first kappa shape index (κ1) is 19.1. The van der Waals surface area contributed by atoms with E-state index in [-0.39, 0.29) is 24.9 Å². The molecule has 8 heteroatoms. The van der Waals surface area contributed by atoms with Crippen LogP contribution in [0.1, 0.15) is 31.2 Å². The zero-order chi connectivity index (χ0) is 19.8. The van der Waals surface area contributed by atoms with Crippen molar-refractivity contribution in [1.29, 1.82) is 0 Å². The molecule has 3 fully saturated rings. The van der Waals surface area contributed by atoms with Gasteiger partial charge in [-0.15, -0.1) is 0 Å². The summed E-state index contributed by atoms with van der Waals surface area (Å²) in [6.07, 6.45) is 1.77. The first-order chi connectivity index (χ1) is 13.4. The summed E-state index contributed by atoms with van der Waals surface area (Å²) >= 11 is 0. The van der Waals surface area contributed by atoms with Crippen molar-refractivity contribution in [3.8, 4) is 0 Å². The van der Waals surface area contributed by atoms with E-state index in [4.69, 9.17) is 9.47 Å². The number of β-amino-alcohol motifs (C(OH)–C–C–N with tert-alkyl or cyclic N) is 1. The minimum atomic E-state index is -1.42. The summed E-state index contributed by atoms with van der Waals surface area (Å²) in [4.78, 5) is 27.9. The molecule has 7 nitrogen and oxygen atoms in total. The van der Waals surface area contributed by atoms with E-state index in [1.807, 2.05) is 0 Å². The molecule has 0 bridgehead atoms. The standard InChI is InChI=1S/C20H25FN2O5/c21-16-4-2-15(3-5-16)12-23-9-1-6-20(26,17(23)24)13-22-10-7-19(8-11-22)14-27-18(25)28-19/h2-5,26H,1,6-14H2. The van der Waals surface area contributed by atoms with E-state index < -0.39 is 17.4 Å². The third-order valence-electron chi connectivity index (χ3n) is 6.00. The Balaban J connectivity index is 1.36. The van der Waals surface area contributed by atoms with Crippen LogP contribution in [0.25, 0.3) is 0 Å². The Morgan fingerprint density at radius 1 is 1.07 bits per heavy atom. The van der Waals surface area contributed by atoms with E-state index in [1.165, 1.54) is 12.1 Å². The molecule has 1 unspecified atom stereocenters. The van der Waals surface area contributed by atoms with Gasteiger partial charge in [-0.05, 0) is 30.5 Å². The molecule has 0 radical (unpaired) electrons. The molecule has 0 aliphatic carbocycles. The predicted octanol–water partition coefficient (Wildman–Crippen LogP) is 1.68. The third-order valence-corrected chi connectivity index (χ3v) is 6.00. The van der Waals surface area contributed by atoms with Crippen molar-refractivity contribution in [3.05, 3.63) is 35.6 Å². The Labute approximate surface area is 163 Å². The molecule has 1 spiro atoms. The fourth-order valence-electron chi connectivity index (χ4n) is 4.33. The van der Waals surface area contributed by atoms with Gasteiger partial charge in [-0.1, -0.05) is 12.1 Å². The van der Waals surface area contributed by atoms with Crippen LogP contribution in [0.15, 0.2) is 24.3 Å². The average Bonchev–Trinajstić information content (AvgIpc) is 3.04. The van der Waals surface area contributed by atoms with Gasteiger partial charge in [0.15, 0.2) is 11.2 Å². The molecule has 28 heavy (non-hydrogen) atoms. The summed E-state index contributed by atoms with van der Waals surface area (Å²) in [7, 11) is 0. The number of aliphatic hydroxyl groups is 1. The van der Waals surface area contributed by atoms with Gasteiger partial charge >= 0.3 is 6.16 Å². The van der Waals surface area contributed by atoms with Crippen molar-refractivity contribution in [2.75, 3.05) is 32.8 Å². The number of amides is 1.